The highest BCUT2D eigenvalue weighted by atomic mass is 35.5. The van der Waals surface area contributed by atoms with Crippen molar-refractivity contribution < 1.29 is 9.59 Å². The van der Waals surface area contributed by atoms with E-state index in [-0.39, 0.29) is 36.6 Å². The third-order valence-corrected chi connectivity index (χ3v) is 4.52. The Morgan fingerprint density at radius 2 is 1.59 bits per heavy atom. The highest BCUT2D eigenvalue weighted by Gasteiger charge is 2.35. The minimum Gasteiger partial charge on any atom is -0.324 e. The summed E-state index contributed by atoms with van der Waals surface area (Å²) in [6.45, 7) is 0. The molecule has 0 aliphatic heterocycles. The fourth-order valence-electron chi connectivity index (χ4n) is 3.04. The SMILES string of the molecule is Cl.Cl.NC1(C(=O)Nc2cccc(C(=O)Nc3ccncc3)c2)CCCCC1. The summed E-state index contributed by atoms with van der Waals surface area (Å²) < 4.78 is 0. The van der Waals surface area contributed by atoms with Gasteiger partial charge in [-0.15, -0.1) is 24.8 Å². The largest absolute Gasteiger partial charge is 0.324 e. The summed E-state index contributed by atoms with van der Waals surface area (Å²) in [7, 11) is 0. The number of rotatable bonds is 4. The van der Waals surface area contributed by atoms with Gasteiger partial charge in [0.2, 0.25) is 5.91 Å². The van der Waals surface area contributed by atoms with E-state index in [0.717, 1.165) is 19.3 Å². The predicted molar refractivity (Wildman–Crippen MR) is 112 cm³/mol. The van der Waals surface area contributed by atoms with Crippen molar-refractivity contribution >= 4 is 48.0 Å². The van der Waals surface area contributed by atoms with Crippen molar-refractivity contribution in [2.45, 2.75) is 37.6 Å². The van der Waals surface area contributed by atoms with Gasteiger partial charge < -0.3 is 16.4 Å². The lowest BCUT2D eigenvalue weighted by Gasteiger charge is -2.31. The molecular formula is C19H24Cl2N4O2. The van der Waals surface area contributed by atoms with Crippen molar-refractivity contribution in [1.29, 1.82) is 0 Å². The fraction of sp³-hybridized carbons (Fsp3) is 0.316. The number of pyridine rings is 1. The van der Waals surface area contributed by atoms with Gasteiger partial charge in [0, 0.05) is 29.3 Å². The van der Waals surface area contributed by atoms with E-state index in [4.69, 9.17) is 5.73 Å². The summed E-state index contributed by atoms with van der Waals surface area (Å²) >= 11 is 0. The van der Waals surface area contributed by atoms with Crippen molar-refractivity contribution in [1.82, 2.24) is 4.98 Å². The highest BCUT2D eigenvalue weighted by Crippen LogP contribution is 2.27. The molecule has 1 aromatic carbocycles. The Kier molecular flexibility index (Phi) is 8.69. The molecule has 0 unspecified atom stereocenters. The van der Waals surface area contributed by atoms with Gasteiger partial charge in [0.1, 0.15) is 0 Å². The topological polar surface area (TPSA) is 97.1 Å². The van der Waals surface area contributed by atoms with E-state index in [9.17, 15) is 9.59 Å². The molecule has 2 aromatic rings. The normalized spacial score (nSPS) is 14.9. The number of nitrogens with zero attached hydrogens (tertiary/aromatic N) is 1. The molecule has 146 valence electrons. The van der Waals surface area contributed by atoms with E-state index in [1.165, 1.54) is 0 Å². The second-order valence-electron chi connectivity index (χ2n) is 6.44. The van der Waals surface area contributed by atoms with Crippen molar-refractivity contribution in [3.63, 3.8) is 0 Å². The molecule has 27 heavy (non-hydrogen) atoms. The van der Waals surface area contributed by atoms with Crippen molar-refractivity contribution in [2.24, 2.45) is 5.73 Å². The maximum atomic E-state index is 12.5. The molecule has 1 aromatic heterocycles. The fourth-order valence-corrected chi connectivity index (χ4v) is 3.04. The molecule has 0 radical (unpaired) electrons. The maximum absolute atomic E-state index is 12.5. The van der Waals surface area contributed by atoms with Crippen LogP contribution in [0, 0.1) is 0 Å². The average Bonchev–Trinajstić information content (AvgIpc) is 2.63. The number of amides is 2. The Morgan fingerprint density at radius 3 is 2.26 bits per heavy atom. The number of aromatic nitrogens is 1. The van der Waals surface area contributed by atoms with Crippen LogP contribution in [0.15, 0.2) is 48.8 Å². The van der Waals surface area contributed by atoms with E-state index in [2.05, 4.69) is 15.6 Å². The minimum atomic E-state index is -0.812. The first kappa shape index (κ1) is 22.9. The van der Waals surface area contributed by atoms with Crippen molar-refractivity contribution in [3.05, 3.63) is 54.4 Å². The number of hydrogen-bond donors (Lipinski definition) is 3. The Labute approximate surface area is 171 Å². The van der Waals surface area contributed by atoms with Gasteiger partial charge in [0.05, 0.1) is 5.54 Å². The third kappa shape index (κ3) is 5.92. The molecule has 0 atom stereocenters. The maximum Gasteiger partial charge on any atom is 0.255 e. The van der Waals surface area contributed by atoms with Crippen LogP contribution in [0.3, 0.4) is 0 Å². The van der Waals surface area contributed by atoms with Gasteiger partial charge in [-0.2, -0.15) is 0 Å². The highest BCUT2D eigenvalue weighted by molar-refractivity contribution is 6.05. The van der Waals surface area contributed by atoms with Gasteiger partial charge in [0.15, 0.2) is 0 Å². The van der Waals surface area contributed by atoms with Gasteiger partial charge in [0.25, 0.3) is 5.91 Å². The molecule has 2 amide bonds. The second-order valence-corrected chi connectivity index (χ2v) is 6.44. The lowest BCUT2D eigenvalue weighted by atomic mass is 9.82. The Morgan fingerprint density at radius 1 is 0.926 bits per heavy atom. The van der Waals surface area contributed by atoms with Crippen LogP contribution in [0.25, 0.3) is 0 Å². The smallest absolute Gasteiger partial charge is 0.255 e. The zero-order valence-corrected chi connectivity index (χ0v) is 16.4. The molecule has 0 spiro atoms. The van der Waals surface area contributed by atoms with Crippen LogP contribution in [0.2, 0.25) is 0 Å². The summed E-state index contributed by atoms with van der Waals surface area (Å²) in [6.07, 6.45) is 7.67. The first-order chi connectivity index (χ1) is 12.1. The zero-order chi connectivity index (χ0) is 17.7. The number of carbonyl (C=O) groups is 2. The van der Waals surface area contributed by atoms with Crippen LogP contribution >= 0.6 is 24.8 Å². The lowest BCUT2D eigenvalue weighted by Crippen LogP contribution is -2.52. The standard InChI is InChI=1S/C19H22N4O2.2ClH/c20-19(9-2-1-3-10-19)18(25)23-16-6-4-5-14(13-16)17(24)22-15-7-11-21-12-8-15;;/h4-8,11-13H,1-3,9-10,20H2,(H,23,25)(H,21,22,24);2*1H. The zero-order valence-electron chi connectivity index (χ0n) is 14.8. The first-order valence-electron chi connectivity index (χ1n) is 8.49. The number of nitrogens with two attached hydrogens (primary N) is 1. The Bertz CT molecular complexity index is 765. The van der Waals surface area contributed by atoms with Crippen LogP contribution in [0.5, 0.6) is 0 Å². The Hall–Kier alpha value is -2.15. The van der Waals surface area contributed by atoms with E-state index in [1.807, 2.05) is 0 Å². The molecule has 1 aliphatic carbocycles. The molecule has 8 heteroatoms. The van der Waals surface area contributed by atoms with Crippen LogP contribution in [-0.2, 0) is 4.79 Å². The first-order valence-corrected chi connectivity index (χ1v) is 8.49. The van der Waals surface area contributed by atoms with Crippen LogP contribution in [0.1, 0.15) is 42.5 Å². The molecule has 0 saturated heterocycles. The van der Waals surface area contributed by atoms with Crippen molar-refractivity contribution in [2.75, 3.05) is 10.6 Å². The van der Waals surface area contributed by atoms with E-state index >= 15 is 0 Å². The van der Waals surface area contributed by atoms with E-state index < -0.39 is 5.54 Å². The molecule has 6 nitrogen and oxygen atoms in total. The summed E-state index contributed by atoms with van der Waals surface area (Å²) in [6, 6.07) is 10.3. The molecule has 1 aliphatic rings. The quantitative estimate of drug-likeness (QED) is 0.713. The molecule has 3 rings (SSSR count). The molecule has 1 fully saturated rings. The number of hydrogen-bond acceptors (Lipinski definition) is 4. The lowest BCUT2D eigenvalue weighted by molar-refractivity contribution is -0.122. The monoisotopic (exact) mass is 410 g/mol. The molecule has 4 N–H and O–H groups in total. The van der Waals surface area contributed by atoms with Gasteiger partial charge in [-0.25, -0.2) is 0 Å². The van der Waals surface area contributed by atoms with Gasteiger partial charge >= 0.3 is 0 Å². The number of nitrogens with one attached hydrogen (secondary N) is 2. The molecule has 1 saturated carbocycles. The van der Waals surface area contributed by atoms with Crippen molar-refractivity contribution in [3.8, 4) is 0 Å². The van der Waals surface area contributed by atoms with Gasteiger partial charge in [-0.05, 0) is 43.2 Å². The number of carbonyl (C=O) groups excluding carboxylic acids is 2. The molecule has 1 heterocycles. The summed E-state index contributed by atoms with van der Waals surface area (Å²) in [5.74, 6) is -0.429. The van der Waals surface area contributed by atoms with Gasteiger partial charge in [-0.1, -0.05) is 25.3 Å². The summed E-state index contributed by atoms with van der Waals surface area (Å²) in [4.78, 5) is 28.8. The van der Waals surface area contributed by atoms with E-state index in [0.29, 0.717) is 29.8 Å². The number of benzene rings is 1. The molecule has 0 bridgehead atoms. The summed E-state index contributed by atoms with van der Waals surface area (Å²) in [5.41, 5.74) is 7.14. The third-order valence-electron chi connectivity index (χ3n) is 4.52. The van der Waals surface area contributed by atoms with Crippen LogP contribution < -0.4 is 16.4 Å². The predicted octanol–water partition coefficient (Wildman–Crippen LogP) is 3.78. The minimum absolute atomic E-state index is 0. The average molecular weight is 411 g/mol. The van der Waals surface area contributed by atoms with Gasteiger partial charge in [-0.3, -0.25) is 14.6 Å². The van der Waals surface area contributed by atoms with Crippen LogP contribution in [-0.4, -0.2) is 22.3 Å². The van der Waals surface area contributed by atoms with Crippen LogP contribution in [0.4, 0.5) is 11.4 Å². The Balaban J connectivity index is 0.00000182. The van der Waals surface area contributed by atoms with E-state index in [1.54, 1.807) is 48.8 Å². The summed E-state index contributed by atoms with van der Waals surface area (Å²) in [5, 5.41) is 5.65. The number of halogens is 2. The second kappa shape index (κ2) is 10.3. The number of anilines is 2. The molecular weight excluding hydrogens is 387 g/mol.